The molecule has 0 spiro atoms. The molecule has 0 fully saturated rings. The van der Waals surface area contributed by atoms with Gasteiger partial charge in [0.2, 0.25) is 0 Å². The fourth-order valence-electron chi connectivity index (χ4n) is 0.983. The van der Waals surface area contributed by atoms with Crippen molar-refractivity contribution in [3.8, 4) is 0 Å². The fraction of sp³-hybridized carbons (Fsp3) is 1.00. The Labute approximate surface area is 96.9 Å². The van der Waals surface area contributed by atoms with Gasteiger partial charge < -0.3 is 11.5 Å². The van der Waals surface area contributed by atoms with Gasteiger partial charge in [-0.25, -0.2) is 0 Å². The van der Waals surface area contributed by atoms with Crippen molar-refractivity contribution in [1.82, 2.24) is 0 Å². The van der Waals surface area contributed by atoms with Gasteiger partial charge in [0.1, 0.15) is 0 Å². The Morgan fingerprint density at radius 2 is 0.929 bits per heavy atom. The molecule has 4 N–H and O–H groups in total. The molecule has 0 saturated heterocycles. The summed E-state index contributed by atoms with van der Waals surface area (Å²) in [5.74, 6) is 5.07. The normalized spacial score (nSPS) is 10.7. The second-order valence-electron chi connectivity index (χ2n) is 3.22. The first-order valence-corrected chi connectivity index (χ1v) is 7.78. The van der Waals surface area contributed by atoms with Crippen molar-refractivity contribution in [1.29, 1.82) is 0 Å². The van der Waals surface area contributed by atoms with Crippen LogP contribution < -0.4 is 11.5 Å². The Hall–Kier alpha value is 0.620. The van der Waals surface area contributed by atoms with Crippen LogP contribution in [0.25, 0.3) is 0 Å². The minimum atomic E-state index is 0.835. The second kappa shape index (κ2) is 13.6. The summed E-state index contributed by atoms with van der Waals surface area (Å²) in [6.07, 6.45) is 5.03. The van der Waals surface area contributed by atoms with Gasteiger partial charge in [0.05, 0.1) is 0 Å². The molecule has 0 aromatic rings. The molecule has 0 atom stereocenters. The molecule has 0 amide bonds. The van der Waals surface area contributed by atoms with E-state index in [1.807, 2.05) is 23.5 Å². The molecule has 14 heavy (non-hydrogen) atoms. The zero-order valence-corrected chi connectivity index (χ0v) is 10.7. The lowest BCUT2D eigenvalue weighted by molar-refractivity contribution is 0.895. The summed E-state index contributed by atoms with van der Waals surface area (Å²) in [5, 5.41) is 0. The molecule has 0 bridgehead atoms. The largest absolute Gasteiger partial charge is 0.330 e. The van der Waals surface area contributed by atoms with E-state index in [1.165, 1.54) is 35.9 Å². The van der Waals surface area contributed by atoms with Crippen LogP contribution in [0.5, 0.6) is 0 Å². The number of nitrogens with two attached hydrogens (primary N) is 2. The third-order valence-corrected chi connectivity index (χ3v) is 4.12. The summed E-state index contributed by atoms with van der Waals surface area (Å²) in [6.45, 7) is 1.67. The number of thioether (sulfide) groups is 2. The molecule has 0 heterocycles. The average molecular weight is 236 g/mol. The monoisotopic (exact) mass is 236 g/mol. The van der Waals surface area contributed by atoms with Gasteiger partial charge in [-0.05, 0) is 61.8 Å². The maximum absolute atomic E-state index is 5.41. The Kier molecular flexibility index (Phi) is 14.2. The van der Waals surface area contributed by atoms with E-state index in [1.54, 1.807) is 0 Å². The molecule has 0 aliphatic carbocycles. The van der Waals surface area contributed by atoms with Gasteiger partial charge >= 0.3 is 0 Å². The summed E-state index contributed by atoms with van der Waals surface area (Å²) in [7, 11) is 0. The van der Waals surface area contributed by atoms with E-state index in [0.29, 0.717) is 0 Å². The van der Waals surface area contributed by atoms with E-state index in [-0.39, 0.29) is 0 Å². The van der Waals surface area contributed by atoms with Crippen LogP contribution in [0.4, 0.5) is 0 Å². The van der Waals surface area contributed by atoms with E-state index in [9.17, 15) is 0 Å². The van der Waals surface area contributed by atoms with Crippen molar-refractivity contribution in [2.45, 2.75) is 25.7 Å². The number of unbranched alkanes of at least 4 members (excludes halogenated alkanes) is 1. The third-order valence-electron chi connectivity index (χ3n) is 1.81. The molecule has 0 rings (SSSR count). The first-order chi connectivity index (χ1) is 6.91. The maximum atomic E-state index is 5.41. The Balaban J connectivity index is 2.78. The Morgan fingerprint density at radius 1 is 0.571 bits per heavy atom. The fourth-order valence-corrected chi connectivity index (χ4v) is 2.95. The molecular weight excluding hydrogens is 212 g/mol. The lowest BCUT2D eigenvalue weighted by Gasteiger charge is -2.01. The highest BCUT2D eigenvalue weighted by Gasteiger charge is 1.91. The Morgan fingerprint density at radius 3 is 1.29 bits per heavy atom. The van der Waals surface area contributed by atoms with Crippen molar-refractivity contribution in [2.75, 3.05) is 36.1 Å². The summed E-state index contributed by atoms with van der Waals surface area (Å²) in [5.41, 5.74) is 10.8. The van der Waals surface area contributed by atoms with Crippen molar-refractivity contribution < 1.29 is 0 Å². The van der Waals surface area contributed by atoms with Gasteiger partial charge in [-0.15, -0.1) is 0 Å². The molecule has 0 aromatic carbocycles. The van der Waals surface area contributed by atoms with Crippen LogP contribution in [0.3, 0.4) is 0 Å². The molecule has 0 unspecified atom stereocenters. The van der Waals surface area contributed by atoms with Crippen molar-refractivity contribution in [3.63, 3.8) is 0 Å². The van der Waals surface area contributed by atoms with Gasteiger partial charge in [-0.3, -0.25) is 0 Å². The minimum absolute atomic E-state index is 0.835. The van der Waals surface area contributed by atoms with Crippen LogP contribution >= 0.6 is 23.5 Å². The Bertz CT molecular complexity index is 90.1. The van der Waals surface area contributed by atoms with Crippen LogP contribution in [0.1, 0.15) is 25.7 Å². The molecule has 0 radical (unpaired) electrons. The molecule has 0 aliphatic heterocycles. The lowest BCUT2D eigenvalue weighted by atomic mass is 10.4. The van der Waals surface area contributed by atoms with Gasteiger partial charge in [-0.1, -0.05) is 0 Å². The quantitative estimate of drug-likeness (QED) is 0.538. The third kappa shape index (κ3) is 12.6. The summed E-state index contributed by atoms with van der Waals surface area (Å²) < 4.78 is 0. The van der Waals surface area contributed by atoms with Crippen molar-refractivity contribution >= 4 is 23.5 Å². The smallest absolute Gasteiger partial charge is 0.00555 e. The highest BCUT2D eigenvalue weighted by Crippen LogP contribution is 2.10. The van der Waals surface area contributed by atoms with Crippen LogP contribution in [0.15, 0.2) is 0 Å². The molecule has 86 valence electrons. The van der Waals surface area contributed by atoms with E-state index in [4.69, 9.17) is 11.5 Å². The second-order valence-corrected chi connectivity index (χ2v) is 5.67. The predicted octanol–water partition coefficient (Wildman–Crippen LogP) is 1.93. The molecule has 0 saturated carbocycles. The zero-order valence-electron chi connectivity index (χ0n) is 9.04. The SMILES string of the molecule is NCCCSCCCCSCCCN. The van der Waals surface area contributed by atoms with E-state index >= 15 is 0 Å². The first kappa shape index (κ1) is 14.6. The van der Waals surface area contributed by atoms with Gasteiger partial charge in [0.25, 0.3) is 0 Å². The predicted molar refractivity (Wildman–Crippen MR) is 71.2 cm³/mol. The van der Waals surface area contributed by atoms with Crippen LogP contribution in [-0.2, 0) is 0 Å². The van der Waals surface area contributed by atoms with E-state index < -0.39 is 0 Å². The zero-order chi connectivity index (χ0) is 10.5. The molecule has 0 aliphatic rings. The lowest BCUT2D eigenvalue weighted by Crippen LogP contribution is -2.00. The van der Waals surface area contributed by atoms with E-state index in [2.05, 4.69) is 0 Å². The van der Waals surface area contributed by atoms with Gasteiger partial charge in [-0.2, -0.15) is 23.5 Å². The number of hydrogen-bond acceptors (Lipinski definition) is 4. The van der Waals surface area contributed by atoms with Crippen LogP contribution in [0.2, 0.25) is 0 Å². The maximum Gasteiger partial charge on any atom is -0.00555 e. The van der Waals surface area contributed by atoms with Crippen molar-refractivity contribution in [2.24, 2.45) is 11.5 Å². The van der Waals surface area contributed by atoms with Gasteiger partial charge in [0, 0.05) is 0 Å². The summed E-state index contributed by atoms with van der Waals surface area (Å²) in [6, 6.07) is 0. The highest BCUT2D eigenvalue weighted by molar-refractivity contribution is 7.99. The minimum Gasteiger partial charge on any atom is -0.330 e. The van der Waals surface area contributed by atoms with E-state index in [0.717, 1.165) is 25.9 Å². The molecule has 0 aromatic heterocycles. The molecular formula is C10H24N2S2. The number of hydrogen-bond donors (Lipinski definition) is 2. The first-order valence-electron chi connectivity index (χ1n) is 5.47. The van der Waals surface area contributed by atoms with Crippen molar-refractivity contribution in [3.05, 3.63) is 0 Å². The standard InChI is InChI=1S/C10H24N2S2/c11-5-3-9-13-7-1-2-8-14-10-4-6-12/h1-12H2. The number of rotatable bonds is 11. The topological polar surface area (TPSA) is 52.0 Å². The molecule has 2 nitrogen and oxygen atoms in total. The average Bonchev–Trinajstić information content (AvgIpc) is 2.21. The van der Waals surface area contributed by atoms with Gasteiger partial charge in [0.15, 0.2) is 0 Å². The molecule has 4 heteroatoms. The highest BCUT2D eigenvalue weighted by atomic mass is 32.2. The summed E-state index contributed by atoms with van der Waals surface area (Å²) in [4.78, 5) is 0. The van der Waals surface area contributed by atoms with Crippen LogP contribution in [-0.4, -0.2) is 36.1 Å². The summed E-state index contributed by atoms with van der Waals surface area (Å²) >= 11 is 4.07. The van der Waals surface area contributed by atoms with Crippen LogP contribution in [0, 0.1) is 0 Å².